The standard InChI is InChI=1S/C42H83NO4/c1-5-9-12-15-19-26-33-40(34-27-20-16-13-10-6-2)47-42(45)36-29-22-18-24-31-38-43(8-4)37-30-23-17-21-28-35-41(44)46-39-32-25-14-11-7-3/h40H,5-39H2,1-4H3. The molecule has 0 spiro atoms. The van der Waals surface area contributed by atoms with Crippen LogP contribution in [0.4, 0.5) is 0 Å². The fourth-order valence-electron chi connectivity index (χ4n) is 6.47. The Kier molecular flexibility index (Phi) is 36.8. The van der Waals surface area contributed by atoms with Gasteiger partial charge in [-0.3, -0.25) is 9.59 Å². The van der Waals surface area contributed by atoms with Crippen LogP contribution in [-0.2, 0) is 19.1 Å². The van der Waals surface area contributed by atoms with Crippen LogP contribution >= 0.6 is 0 Å². The first-order valence-corrected chi connectivity index (χ1v) is 21.1. The van der Waals surface area contributed by atoms with E-state index in [-0.39, 0.29) is 18.0 Å². The van der Waals surface area contributed by atoms with Gasteiger partial charge in [0.25, 0.3) is 0 Å². The third-order valence-corrected chi connectivity index (χ3v) is 9.73. The molecule has 0 saturated carbocycles. The molecule has 47 heavy (non-hydrogen) atoms. The zero-order valence-corrected chi connectivity index (χ0v) is 32.4. The predicted octanol–water partition coefficient (Wildman–Crippen LogP) is 12.9. The summed E-state index contributed by atoms with van der Waals surface area (Å²) >= 11 is 0. The highest BCUT2D eigenvalue weighted by molar-refractivity contribution is 5.69. The van der Waals surface area contributed by atoms with E-state index in [0.717, 1.165) is 51.5 Å². The van der Waals surface area contributed by atoms with Crippen LogP contribution in [0, 0.1) is 0 Å². The molecule has 0 rings (SSSR count). The summed E-state index contributed by atoms with van der Waals surface area (Å²) < 4.78 is 11.4. The molecule has 0 aromatic carbocycles. The lowest BCUT2D eigenvalue weighted by atomic mass is 10.0. The van der Waals surface area contributed by atoms with Gasteiger partial charge in [-0.1, -0.05) is 156 Å². The molecule has 0 atom stereocenters. The van der Waals surface area contributed by atoms with Gasteiger partial charge in [0.2, 0.25) is 0 Å². The first-order chi connectivity index (χ1) is 23.1. The van der Waals surface area contributed by atoms with E-state index in [1.54, 1.807) is 0 Å². The topological polar surface area (TPSA) is 55.8 Å². The van der Waals surface area contributed by atoms with Gasteiger partial charge >= 0.3 is 11.9 Å². The quantitative estimate of drug-likeness (QED) is 0.0485. The lowest BCUT2D eigenvalue weighted by Gasteiger charge is -2.20. The predicted molar refractivity (Wildman–Crippen MR) is 203 cm³/mol. The Morgan fingerprint density at radius 1 is 0.447 bits per heavy atom. The first kappa shape index (κ1) is 45.9. The number of unbranched alkanes of at least 4 members (excludes halogenated alkanes) is 22. The molecule has 0 unspecified atom stereocenters. The summed E-state index contributed by atoms with van der Waals surface area (Å²) in [5, 5.41) is 0. The Morgan fingerprint density at radius 2 is 0.830 bits per heavy atom. The SMILES string of the molecule is CCCCCCCCC(CCCCCCCC)OC(=O)CCCCCCCN(CC)CCCCCCCC(=O)OCCCCCCC. The van der Waals surface area contributed by atoms with E-state index in [4.69, 9.17) is 9.47 Å². The molecule has 0 heterocycles. The Hall–Kier alpha value is -1.10. The molecular weight excluding hydrogens is 582 g/mol. The zero-order chi connectivity index (χ0) is 34.5. The molecule has 5 heteroatoms. The number of esters is 2. The van der Waals surface area contributed by atoms with Gasteiger partial charge in [0.1, 0.15) is 6.10 Å². The van der Waals surface area contributed by atoms with Crippen LogP contribution in [0.2, 0.25) is 0 Å². The smallest absolute Gasteiger partial charge is 0.306 e. The highest BCUT2D eigenvalue weighted by Crippen LogP contribution is 2.18. The monoisotopic (exact) mass is 666 g/mol. The molecule has 0 aliphatic heterocycles. The maximum Gasteiger partial charge on any atom is 0.306 e. The van der Waals surface area contributed by atoms with Crippen molar-refractivity contribution in [3.63, 3.8) is 0 Å². The van der Waals surface area contributed by atoms with Crippen LogP contribution in [0.1, 0.15) is 227 Å². The van der Waals surface area contributed by atoms with Gasteiger partial charge < -0.3 is 14.4 Å². The third kappa shape index (κ3) is 34.6. The first-order valence-electron chi connectivity index (χ1n) is 21.1. The average Bonchev–Trinajstić information content (AvgIpc) is 3.07. The van der Waals surface area contributed by atoms with E-state index in [0.29, 0.717) is 19.4 Å². The Morgan fingerprint density at radius 3 is 1.30 bits per heavy atom. The largest absolute Gasteiger partial charge is 0.466 e. The van der Waals surface area contributed by atoms with Crippen LogP contribution in [-0.4, -0.2) is 49.2 Å². The van der Waals surface area contributed by atoms with Crippen molar-refractivity contribution in [3.8, 4) is 0 Å². The van der Waals surface area contributed by atoms with Crippen LogP contribution in [0.25, 0.3) is 0 Å². The van der Waals surface area contributed by atoms with E-state index in [2.05, 4.69) is 32.6 Å². The summed E-state index contributed by atoms with van der Waals surface area (Å²) in [4.78, 5) is 27.1. The maximum absolute atomic E-state index is 12.7. The summed E-state index contributed by atoms with van der Waals surface area (Å²) in [6.45, 7) is 13.1. The van der Waals surface area contributed by atoms with E-state index < -0.39 is 0 Å². The summed E-state index contributed by atoms with van der Waals surface area (Å²) in [5.74, 6) is 0.0287. The van der Waals surface area contributed by atoms with Crippen molar-refractivity contribution in [1.82, 2.24) is 4.90 Å². The number of hydrogen-bond acceptors (Lipinski definition) is 5. The van der Waals surface area contributed by atoms with Gasteiger partial charge in [0.15, 0.2) is 0 Å². The molecular formula is C42H83NO4. The molecule has 280 valence electrons. The summed E-state index contributed by atoms with van der Waals surface area (Å²) in [6, 6.07) is 0. The normalized spacial score (nSPS) is 11.5. The van der Waals surface area contributed by atoms with Gasteiger partial charge in [-0.05, 0) is 77.4 Å². The molecule has 0 bridgehead atoms. The lowest BCUT2D eigenvalue weighted by Crippen LogP contribution is -2.25. The van der Waals surface area contributed by atoms with Gasteiger partial charge in [-0.25, -0.2) is 0 Å². The van der Waals surface area contributed by atoms with Gasteiger partial charge in [0, 0.05) is 12.8 Å². The molecule has 0 fully saturated rings. The van der Waals surface area contributed by atoms with Gasteiger partial charge in [-0.15, -0.1) is 0 Å². The van der Waals surface area contributed by atoms with Crippen molar-refractivity contribution in [3.05, 3.63) is 0 Å². The highest BCUT2D eigenvalue weighted by Gasteiger charge is 2.14. The second-order valence-corrected chi connectivity index (χ2v) is 14.3. The molecule has 0 amide bonds. The van der Waals surface area contributed by atoms with Gasteiger partial charge in [0.05, 0.1) is 6.61 Å². The molecule has 0 aliphatic rings. The average molecular weight is 666 g/mol. The van der Waals surface area contributed by atoms with Crippen LogP contribution < -0.4 is 0 Å². The van der Waals surface area contributed by atoms with Crippen molar-refractivity contribution in [1.29, 1.82) is 0 Å². The number of ether oxygens (including phenoxy) is 2. The number of hydrogen-bond donors (Lipinski definition) is 0. The molecule has 0 radical (unpaired) electrons. The van der Waals surface area contributed by atoms with E-state index in [1.807, 2.05) is 0 Å². The highest BCUT2D eigenvalue weighted by atomic mass is 16.5. The van der Waals surface area contributed by atoms with E-state index in [9.17, 15) is 9.59 Å². The minimum atomic E-state index is -0.0103. The Labute approximate surface area is 294 Å². The fourth-order valence-corrected chi connectivity index (χ4v) is 6.47. The van der Waals surface area contributed by atoms with Crippen molar-refractivity contribution in [2.24, 2.45) is 0 Å². The van der Waals surface area contributed by atoms with Crippen molar-refractivity contribution in [2.45, 2.75) is 233 Å². The fraction of sp³-hybridized carbons (Fsp3) is 0.952. The Bertz CT molecular complexity index is 639. The lowest BCUT2D eigenvalue weighted by molar-refractivity contribution is -0.150. The minimum Gasteiger partial charge on any atom is -0.466 e. The van der Waals surface area contributed by atoms with Crippen molar-refractivity contribution >= 4 is 11.9 Å². The minimum absolute atomic E-state index is 0.0103. The second kappa shape index (κ2) is 37.7. The molecule has 0 aliphatic carbocycles. The molecule has 0 aromatic rings. The number of carbonyl (C=O) groups is 2. The van der Waals surface area contributed by atoms with Crippen molar-refractivity contribution in [2.75, 3.05) is 26.2 Å². The van der Waals surface area contributed by atoms with Crippen LogP contribution in [0.15, 0.2) is 0 Å². The summed E-state index contributed by atoms with van der Waals surface area (Å²) in [7, 11) is 0. The molecule has 0 N–H and O–H groups in total. The number of nitrogens with zero attached hydrogens (tertiary/aromatic N) is 1. The number of rotatable bonds is 38. The molecule has 5 nitrogen and oxygen atoms in total. The molecule has 0 aromatic heterocycles. The second-order valence-electron chi connectivity index (χ2n) is 14.3. The van der Waals surface area contributed by atoms with Crippen molar-refractivity contribution < 1.29 is 19.1 Å². The molecule has 0 saturated heterocycles. The third-order valence-electron chi connectivity index (χ3n) is 9.73. The van der Waals surface area contributed by atoms with Gasteiger partial charge in [-0.2, -0.15) is 0 Å². The summed E-state index contributed by atoms with van der Waals surface area (Å²) in [5.41, 5.74) is 0. The van der Waals surface area contributed by atoms with E-state index in [1.165, 1.54) is 154 Å². The number of carbonyl (C=O) groups excluding carboxylic acids is 2. The zero-order valence-electron chi connectivity index (χ0n) is 32.4. The van der Waals surface area contributed by atoms with Crippen LogP contribution in [0.5, 0.6) is 0 Å². The van der Waals surface area contributed by atoms with E-state index >= 15 is 0 Å². The maximum atomic E-state index is 12.7. The van der Waals surface area contributed by atoms with Crippen LogP contribution in [0.3, 0.4) is 0 Å². The Balaban J connectivity index is 3.88. The summed E-state index contributed by atoms with van der Waals surface area (Å²) in [6.07, 6.45) is 36.5.